The Kier molecular flexibility index (Phi) is 17.4. The molecule has 0 saturated carbocycles. The summed E-state index contributed by atoms with van der Waals surface area (Å²) < 4.78 is 12.7. The first-order valence-electron chi connectivity index (χ1n) is 15.7. The van der Waals surface area contributed by atoms with Crippen LogP contribution in [0.2, 0.25) is 5.02 Å². The molecule has 0 amide bonds. The van der Waals surface area contributed by atoms with Crippen molar-refractivity contribution >= 4 is 11.6 Å². The van der Waals surface area contributed by atoms with E-state index in [1.54, 1.807) is 7.11 Å². The van der Waals surface area contributed by atoms with E-state index in [0.29, 0.717) is 12.5 Å². The number of imidazole rings is 1. The topological polar surface area (TPSA) is 39.5 Å². The highest BCUT2D eigenvalue weighted by atomic mass is 35.5. The Hall–Kier alpha value is -3.12. The summed E-state index contributed by atoms with van der Waals surface area (Å²) in [5.74, 6) is 2.48. The lowest BCUT2D eigenvalue weighted by molar-refractivity contribution is 0.215. The van der Waals surface area contributed by atoms with Crippen LogP contribution in [-0.2, 0) is 17.6 Å². The molecule has 0 fully saturated rings. The Morgan fingerprint density at radius 1 is 0.860 bits per heavy atom. The monoisotopic (exact) mass is 605 g/mol. The van der Waals surface area contributed by atoms with Gasteiger partial charge in [0.25, 0.3) is 0 Å². The molecule has 0 atom stereocenters. The van der Waals surface area contributed by atoms with Gasteiger partial charge in [-0.25, -0.2) is 4.98 Å². The fourth-order valence-electron chi connectivity index (χ4n) is 4.39. The Morgan fingerprint density at radius 2 is 1.49 bits per heavy atom. The van der Waals surface area contributed by atoms with Gasteiger partial charge in [-0.1, -0.05) is 76.6 Å². The van der Waals surface area contributed by atoms with Gasteiger partial charge in [0.2, 0.25) is 0 Å². The molecule has 1 heterocycles. The maximum absolute atomic E-state index is 5.94. The van der Waals surface area contributed by atoms with E-state index in [2.05, 4.69) is 91.4 Å². The van der Waals surface area contributed by atoms with Crippen molar-refractivity contribution in [3.8, 4) is 22.7 Å². The summed E-state index contributed by atoms with van der Waals surface area (Å²) in [4.78, 5) is 7.38. The number of para-hydroxylation sites is 1. The molecule has 0 radical (unpaired) electrons. The predicted octanol–water partition coefficient (Wildman–Crippen LogP) is 9.40. The highest BCUT2D eigenvalue weighted by molar-refractivity contribution is 6.30. The first-order valence-corrected chi connectivity index (χ1v) is 16.0. The van der Waals surface area contributed by atoms with Crippen molar-refractivity contribution in [2.45, 2.75) is 60.8 Å². The second-order valence-corrected chi connectivity index (χ2v) is 11.1. The molecule has 0 aliphatic rings. The smallest absolute Gasteiger partial charge is 0.119 e. The average Bonchev–Trinajstić information content (AvgIpc) is 3.45. The summed E-state index contributed by atoms with van der Waals surface area (Å²) in [5, 5.41) is 0.756. The zero-order valence-electron chi connectivity index (χ0n) is 27.4. The minimum Gasteiger partial charge on any atom is -0.493 e. The molecule has 0 spiro atoms. The number of hydrogen-bond acceptors (Lipinski definition) is 4. The van der Waals surface area contributed by atoms with Gasteiger partial charge >= 0.3 is 0 Å². The second-order valence-electron chi connectivity index (χ2n) is 10.7. The standard InChI is InChI=1S/C27H27ClN2O.C7H17N.C3H8O/c1-20(2)18-27-29-26(19-30(27)24-6-4-3-5-7-24)22-10-14-25(15-11-22)31-17-16-21-8-12-23(28)13-9-21;1-4-7-8(5-2)6-3;1-3-4-2/h3-15,19-20H,16-18H2,1-2H3;4-7H2,1-3H3;3H2,1-2H3. The largest absolute Gasteiger partial charge is 0.493 e. The van der Waals surface area contributed by atoms with Gasteiger partial charge in [0.1, 0.15) is 11.6 Å². The molecule has 5 nitrogen and oxygen atoms in total. The molecule has 0 aliphatic carbocycles. The van der Waals surface area contributed by atoms with Crippen molar-refractivity contribution in [3.05, 3.63) is 101 Å². The maximum atomic E-state index is 5.94. The molecule has 43 heavy (non-hydrogen) atoms. The minimum absolute atomic E-state index is 0.536. The Bertz CT molecular complexity index is 1250. The van der Waals surface area contributed by atoms with Gasteiger partial charge in [-0.2, -0.15) is 0 Å². The number of methoxy groups -OCH3 is 1. The molecule has 6 heteroatoms. The van der Waals surface area contributed by atoms with Crippen LogP contribution < -0.4 is 4.74 Å². The lowest BCUT2D eigenvalue weighted by atomic mass is 10.1. The first-order chi connectivity index (χ1) is 20.8. The van der Waals surface area contributed by atoms with E-state index in [1.165, 1.54) is 31.6 Å². The third-order valence-electron chi connectivity index (χ3n) is 6.85. The number of rotatable bonds is 13. The average molecular weight is 606 g/mol. The number of halogens is 1. The van der Waals surface area contributed by atoms with E-state index in [-0.39, 0.29) is 0 Å². The predicted molar refractivity (Wildman–Crippen MR) is 184 cm³/mol. The van der Waals surface area contributed by atoms with Crippen LogP contribution >= 0.6 is 11.6 Å². The lowest BCUT2D eigenvalue weighted by Gasteiger charge is -2.15. The van der Waals surface area contributed by atoms with Gasteiger partial charge < -0.3 is 18.9 Å². The molecular weight excluding hydrogens is 554 g/mol. The van der Waals surface area contributed by atoms with Crippen LogP contribution in [0.15, 0.2) is 85.1 Å². The van der Waals surface area contributed by atoms with Gasteiger partial charge in [-0.05, 0) is 93.0 Å². The molecule has 0 N–H and O–H groups in total. The molecule has 4 rings (SSSR count). The zero-order valence-corrected chi connectivity index (χ0v) is 28.1. The van der Waals surface area contributed by atoms with Gasteiger partial charge in [-0.15, -0.1) is 0 Å². The molecule has 4 aromatic rings. The minimum atomic E-state index is 0.536. The zero-order chi connectivity index (χ0) is 31.5. The van der Waals surface area contributed by atoms with Gasteiger partial charge in [0.05, 0.1) is 12.3 Å². The summed E-state index contributed by atoms with van der Waals surface area (Å²) in [7, 11) is 1.68. The molecule has 1 aromatic heterocycles. The van der Waals surface area contributed by atoms with E-state index in [1.807, 2.05) is 49.4 Å². The van der Waals surface area contributed by atoms with Crippen LogP contribution in [0.3, 0.4) is 0 Å². The molecule has 0 bridgehead atoms. The van der Waals surface area contributed by atoms with E-state index in [0.717, 1.165) is 53.0 Å². The van der Waals surface area contributed by atoms with Crippen LogP contribution in [0.25, 0.3) is 16.9 Å². The molecule has 3 aromatic carbocycles. The summed E-state index contributed by atoms with van der Waals surface area (Å²) in [6, 6.07) is 26.5. The van der Waals surface area contributed by atoms with E-state index in [4.69, 9.17) is 21.3 Å². The molecule has 234 valence electrons. The van der Waals surface area contributed by atoms with Crippen molar-refractivity contribution in [2.75, 3.05) is 40.0 Å². The van der Waals surface area contributed by atoms with Crippen molar-refractivity contribution in [2.24, 2.45) is 5.92 Å². The molecule has 0 saturated heterocycles. The number of aromatic nitrogens is 2. The summed E-state index contributed by atoms with van der Waals surface area (Å²) in [5.41, 5.74) is 4.42. The van der Waals surface area contributed by atoms with Crippen LogP contribution in [0.5, 0.6) is 5.75 Å². The summed E-state index contributed by atoms with van der Waals surface area (Å²) in [6.45, 7) is 18.1. The van der Waals surface area contributed by atoms with Crippen LogP contribution in [0, 0.1) is 5.92 Å². The molecule has 0 aliphatic heterocycles. The molecule has 0 unspecified atom stereocenters. The quantitative estimate of drug-likeness (QED) is 0.152. The Morgan fingerprint density at radius 3 is 2.00 bits per heavy atom. The third kappa shape index (κ3) is 13.4. The van der Waals surface area contributed by atoms with Gasteiger partial charge in [0.15, 0.2) is 0 Å². The number of ether oxygens (including phenoxy) is 2. The van der Waals surface area contributed by atoms with Crippen molar-refractivity contribution in [1.82, 2.24) is 14.5 Å². The summed E-state index contributed by atoms with van der Waals surface area (Å²) >= 11 is 5.94. The van der Waals surface area contributed by atoms with E-state index >= 15 is 0 Å². The third-order valence-corrected chi connectivity index (χ3v) is 7.10. The van der Waals surface area contributed by atoms with Gasteiger partial charge in [-0.3, -0.25) is 0 Å². The fraction of sp³-hybridized carbons (Fsp3) is 0.432. The first kappa shape index (κ1) is 36.1. The van der Waals surface area contributed by atoms with Gasteiger partial charge in [0, 0.05) is 49.0 Å². The maximum Gasteiger partial charge on any atom is 0.119 e. The highest BCUT2D eigenvalue weighted by Crippen LogP contribution is 2.25. The molecular formula is C37H52ClN3O2. The Balaban J connectivity index is 0.000000456. The summed E-state index contributed by atoms with van der Waals surface area (Å²) in [6.07, 6.45) is 5.19. The van der Waals surface area contributed by atoms with E-state index < -0.39 is 0 Å². The lowest BCUT2D eigenvalue weighted by Crippen LogP contribution is -2.23. The SMILES string of the molecule is CC(C)Cc1nc(-c2ccc(OCCc3ccc(Cl)cc3)cc2)cn1-c1ccccc1.CCCN(CC)CC.CCOC. The van der Waals surface area contributed by atoms with Crippen molar-refractivity contribution in [1.29, 1.82) is 0 Å². The number of hydrogen-bond donors (Lipinski definition) is 0. The van der Waals surface area contributed by atoms with E-state index in [9.17, 15) is 0 Å². The number of benzene rings is 3. The van der Waals surface area contributed by atoms with Crippen LogP contribution in [0.4, 0.5) is 0 Å². The second kappa shape index (κ2) is 20.7. The normalized spacial score (nSPS) is 10.7. The Labute approximate surface area is 265 Å². The van der Waals surface area contributed by atoms with Crippen molar-refractivity contribution < 1.29 is 9.47 Å². The van der Waals surface area contributed by atoms with Crippen LogP contribution in [-0.4, -0.2) is 54.4 Å². The van der Waals surface area contributed by atoms with Crippen LogP contribution in [0.1, 0.15) is 59.4 Å². The highest BCUT2D eigenvalue weighted by Gasteiger charge is 2.13. The van der Waals surface area contributed by atoms with Crippen molar-refractivity contribution in [3.63, 3.8) is 0 Å². The number of nitrogens with zero attached hydrogens (tertiary/aromatic N) is 3. The fourth-order valence-corrected chi connectivity index (χ4v) is 4.52.